The number of Topliss-reactive ketones (excluding diaryl/α,β-unsaturated/α-hetero) is 1. The molecule has 1 heterocycles. The summed E-state index contributed by atoms with van der Waals surface area (Å²) in [5.41, 5.74) is 0.653. The van der Waals surface area contributed by atoms with E-state index in [1.807, 2.05) is 19.1 Å². The van der Waals surface area contributed by atoms with E-state index in [9.17, 15) is 4.79 Å². The highest BCUT2D eigenvalue weighted by molar-refractivity contribution is 6.04. The molecule has 16 heavy (non-hydrogen) atoms. The summed E-state index contributed by atoms with van der Waals surface area (Å²) in [6.45, 7) is 4.67. The van der Waals surface area contributed by atoms with Crippen molar-refractivity contribution in [1.82, 2.24) is 0 Å². The molecule has 1 aromatic rings. The Balaban J connectivity index is 2.21. The molecule has 3 nitrogen and oxygen atoms in total. The molecule has 0 aliphatic carbocycles. The van der Waals surface area contributed by atoms with E-state index in [0.29, 0.717) is 24.3 Å². The molecule has 3 heteroatoms. The van der Waals surface area contributed by atoms with Gasteiger partial charge in [0.15, 0.2) is 6.10 Å². The maximum absolute atomic E-state index is 11.9. The second kappa shape index (κ2) is 4.56. The molecule has 0 radical (unpaired) electrons. The Hall–Kier alpha value is -1.51. The number of carbonyl (C=O) groups is 1. The molecule has 0 spiro atoms. The van der Waals surface area contributed by atoms with Crippen molar-refractivity contribution in [2.75, 3.05) is 6.61 Å². The molecular weight excluding hydrogens is 204 g/mol. The molecule has 1 aromatic carbocycles. The van der Waals surface area contributed by atoms with Gasteiger partial charge in [0.2, 0.25) is 5.78 Å². The van der Waals surface area contributed by atoms with E-state index in [0.717, 1.165) is 12.2 Å². The lowest BCUT2D eigenvalue weighted by Crippen LogP contribution is -2.18. The highest BCUT2D eigenvalue weighted by Crippen LogP contribution is 2.32. The Morgan fingerprint density at radius 3 is 2.88 bits per heavy atom. The zero-order valence-electron chi connectivity index (χ0n) is 9.66. The smallest absolute Gasteiger partial charge is 0.207 e. The average Bonchev–Trinajstić information content (AvgIpc) is 2.63. The molecule has 0 fully saturated rings. The number of hydrogen-bond donors (Lipinski definition) is 0. The summed E-state index contributed by atoms with van der Waals surface area (Å²) in [6, 6.07) is 5.44. The molecule has 1 aliphatic rings. The van der Waals surface area contributed by atoms with Crippen LogP contribution in [0.2, 0.25) is 0 Å². The predicted octanol–water partition coefficient (Wildman–Crippen LogP) is 2.83. The van der Waals surface area contributed by atoms with Gasteiger partial charge in [-0.15, -0.1) is 0 Å². The van der Waals surface area contributed by atoms with Crippen molar-refractivity contribution in [2.24, 2.45) is 0 Å². The van der Waals surface area contributed by atoms with Crippen molar-refractivity contribution in [3.05, 3.63) is 23.8 Å². The molecule has 0 bridgehead atoms. The van der Waals surface area contributed by atoms with E-state index in [4.69, 9.17) is 9.47 Å². The second-order valence-corrected chi connectivity index (χ2v) is 3.89. The van der Waals surface area contributed by atoms with Gasteiger partial charge >= 0.3 is 0 Å². The molecule has 2 rings (SSSR count). The van der Waals surface area contributed by atoms with Crippen LogP contribution in [-0.4, -0.2) is 18.5 Å². The lowest BCUT2D eigenvalue weighted by Gasteiger charge is -2.05. The van der Waals surface area contributed by atoms with Crippen LogP contribution in [0.3, 0.4) is 0 Å². The van der Waals surface area contributed by atoms with E-state index in [1.165, 1.54) is 0 Å². The lowest BCUT2D eigenvalue weighted by molar-refractivity contribution is 0.0853. The number of carbonyl (C=O) groups excluding carboxylic acids is 1. The van der Waals surface area contributed by atoms with Crippen molar-refractivity contribution in [1.29, 1.82) is 0 Å². The molecule has 0 amide bonds. The number of rotatable bonds is 4. The fourth-order valence-electron chi connectivity index (χ4n) is 1.76. The Labute approximate surface area is 95.4 Å². The molecular formula is C13H16O3. The van der Waals surface area contributed by atoms with Crippen molar-refractivity contribution in [3.63, 3.8) is 0 Å². The summed E-state index contributed by atoms with van der Waals surface area (Å²) in [5, 5.41) is 0. The van der Waals surface area contributed by atoms with E-state index >= 15 is 0 Å². The molecule has 0 saturated heterocycles. The zero-order valence-corrected chi connectivity index (χ0v) is 9.66. The summed E-state index contributed by atoms with van der Waals surface area (Å²) >= 11 is 0. The maximum Gasteiger partial charge on any atom is 0.207 e. The fraction of sp³-hybridized carbons (Fsp3) is 0.462. The molecule has 86 valence electrons. The summed E-state index contributed by atoms with van der Waals surface area (Å²) in [4.78, 5) is 11.9. The van der Waals surface area contributed by atoms with Gasteiger partial charge in [0.05, 0.1) is 12.2 Å². The summed E-state index contributed by atoms with van der Waals surface area (Å²) in [6.07, 6.45) is 1.36. The van der Waals surface area contributed by atoms with Gasteiger partial charge in [-0.25, -0.2) is 0 Å². The van der Waals surface area contributed by atoms with Gasteiger partial charge in [-0.1, -0.05) is 13.8 Å². The fourth-order valence-corrected chi connectivity index (χ4v) is 1.76. The third-order valence-corrected chi connectivity index (χ3v) is 2.62. The summed E-state index contributed by atoms with van der Waals surface area (Å²) < 4.78 is 11.0. The minimum absolute atomic E-state index is 0.0689. The van der Waals surface area contributed by atoms with E-state index < -0.39 is 0 Å². The molecule has 1 aliphatic heterocycles. The SMILES string of the molecule is CCCOc1ccc2c(c1)C(=O)C(CC)O2. The van der Waals surface area contributed by atoms with Crippen LogP contribution in [0.5, 0.6) is 11.5 Å². The van der Waals surface area contributed by atoms with Crippen LogP contribution in [0.25, 0.3) is 0 Å². The van der Waals surface area contributed by atoms with Gasteiger partial charge in [-0.05, 0) is 31.0 Å². The standard InChI is InChI=1S/C13H16O3/c1-3-7-15-9-5-6-12-10(8-9)13(14)11(4-2)16-12/h5-6,8,11H,3-4,7H2,1-2H3. The summed E-state index contributed by atoms with van der Waals surface area (Å²) in [7, 11) is 0. The first kappa shape index (κ1) is 11.0. The van der Waals surface area contributed by atoms with Crippen LogP contribution in [-0.2, 0) is 0 Å². The Morgan fingerprint density at radius 1 is 1.38 bits per heavy atom. The molecule has 1 atom stereocenters. The maximum atomic E-state index is 11.9. The third-order valence-electron chi connectivity index (χ3n) is 2.62. The zero-order chi connectivity index (χ0) is 11.5. The highest BCUT2D eigenvalue weighted by atomic mass is 16.5. The summed E-state index contributed by atoms with van der Waals surface area (Å²) in [5.74, 6) is 1.49. The number of hydrogen-bond acceptors (Lipinski definition) is 3. The molecule has 1 unspecified atom stereocenters. The Kier molecular flexibility index (Phi) is 3.13. The molecule has 0 N–H and O–H groups in total. The largest absolute Gasteiger partial charge is 0.494 e. The van der Waals surface area contributed by atoms with Crippen molar-refractivity contribution in [3.8, 4) is 11.5 Å². The molecule has 0 saturated carbocycles. The van der Waals surface area contributed by atoms with E-state index in [2.05, 4.69) is 6.92 Å². The quantitative estimate of drug-likeness (QED) is 0.782. The van der Waals surface area contributed by atoms with Crippen LogP contribution in [0.4, 0.5) is 0 Å². The van der Waals surface area contributed by atoms with Gasteiger partial charge < -0.3 is 9.47 Å². The van der Waals surface area contributed by atoms with Gasteiger partial charge in [-0.3, -0.25) is 4.79 Å². The first-order valence-corrected chi connectivity index (χ1v) is 5.74. The van der Waals surface area contributed by atoms with Crippen LogP contribution >= 0.6 is 0 Å². The van der Waals surface area contributed by atoms with Crippen LogP contribution < -0.4 is 9.47 Å². The van der Waals surface area contributed by atoms with Crippen molar-refractivity contribution >= 4 is 5.78 Å². The van der Waals surface area contributed by atoms with Gasteiger partial charge in [-0.2, -0.15) is 0 Å². The van der Waals surface area contributed by atoms with E-state index in [1.54, 1.807) is 6.07 Å². The van der Waals surface area contributed by atoms with Crippen LogP contribution in [0, 0.1) is 0 Å². The minimum atomic E-state index is -0.309. The highest BCUT2D eigenvalue weighted by Gasteiger charge is 2.31. The second-order valence-electron chi connectivity index (χ2n) is 3.89. The van der Waals surface area contributed by atoms with Crippen molar-refractivity contribution in [2.45, 2.75) is 32.8 Å². The van der Waals surface area contributed by atoms with Crippen LogP contribution in [0.15, 0.2) is 18.2 Å². The Bertz CT molecular complexity index is 398. The predicted molar refractivity (Wildman–Crippen MR) is 61.3 cm³/mol. The monoisotopic (exact) mass is 220 g/mol. The van der Waals surface area contributed by atoms with Gasteiger partial charge in [0.1, 0.15) is 11.5 Å². The first-order chi connectivity index (χ1) is 7.76. The number of fused-ring (bicyclic) bond motifs is 1. The van der Waals surface area contributed by atoms with Crippen molar-refractivity contribution < 1.29 is 14.3 Å². The van der Waals surface area contributed by atoms with E-state index in [-0.39, 0.29) is 11.9 Å². The van der Waals surface area contributed by atoms with Crippen LogP contribution in [0.1, 0.15) is 37.0 Å². The first-order valence-electron chi connectivity index (χ1n) is 5.74. The number of benzene rings is 1. The van der Waals surface area contributed by atoms with Gasteiger partial charge in [0, 0.05) is 0 Å². The normalized spacial score (nSPS) is 18.1. The van der Waals surface area contributed by atoms with Gasteiger partial charge in [0.25, 0.3) is 0 Å². The lowest BCUT2D eigenvalue weighted by atomic mass is 10.1. The number of ketones is 1. The third kappa shape index (κ3) is 1.90. The minimum Gasteiger partial charge on any atom is -0.494 e. The average molecular weight is 220 g/mol. The molecule has 0 aromatic heterocycles. The number of ether oxygens (including phenoxy) is 2. The Morgan fingerprint density at radius 2 is 2.19 bits per heavy atom. The topological polar surface area (TPSA) is 35.5 Å².